The third kappa shape index (κ3) is 4.60. The number of hydrogen-bond donors (Lipinski definition) is 1. The topological polar surface area (TPSA) is 15.3 Å². The van der Waals surface area contributed by atoms with Crippen molar-refractivity contribution in [2.45, 2.75) is 58.5 Å². The lowest BCUT2D eigenvalue weighted by molar-refractivity contribution is 0.237. The van der Waals surface area contributed by atoms with E-state index in [1.807, 2.05) is 0 Å². The van der Waals surface area contributed by atoms with Crippen molar-refractivity contribution in [1.82, 2.24) is 10.2 Å². The van der Waals surface area contributed by atoms with Crippen LogP contribution in [0.4, 0.5) is 0 Å². The summed E-state index contributed by atoms with van der Waals surface area (Å²) in [6.45, 7) is 9.30. The van der Waals surface area contributed by atoms with Crippen molar-refractivity contribution in [3.8, 4) is 0 Å². The van der Waals surface area contributed by atoms with Gasteiger partial charge in [0.1, 0.15) is 0 Å². The summed E-state index contributed by atoms with van der Waals surface area (Å²) in [6.07, 6.45) is 6.42. The number of aryl methyl sites for hydroxylation is 1. The van der Waals surface area contributed by atoms with Crippen LogP contribution in [0.15, 0.2) is 24.3 Å². The number of hydrogen-bond acceptors (Lipinski definition) is 2. The molecule has 1 atom stereocenters. The summed E-state index contributed by atoms with van der Waals surface area (Å²) in [5.74, 6) is 0. The molecule has 1 aromatic carbocycles. The van der Waals surface area contributed by atoms with E-state index < -0.39 is 0 Å². The first kappa shape index (κ1) is 15.5. The SMILES string of the molecule is CCCCN(Cc1ccccc1CC)CC1CCCN1. The predicted octanol–water partition coefficient (Wildman–Crippen LogP) is 3.60. The van der Waals surface area contributed by atoms with Gasteiger partial charge in [0.05, 0.1) is 0 Å². The fourth-order valence-corrected chi connectivity index (χ4v) is 3.14. The zero-order valence-electron chi connectivity index (χ0n) is 13.2. The monoisotopic (exact) mass is 274 g/mol. The summed E-state index contributed by atoms with van der Waals surface area (Å²) in [5, 5.41) is 3.64. The van der Waals surface area contributed by atoms with Gasteiger partial charge in [-0.25, -0.2) is 0 Å². The first-order chi connectivity index (χ1) is 9.83. The molecule has 0 saturated carbocycles. The summed E-state index contributed by atoms with van der Waals surface area (Å²) < 4.78 is 0. The highest BCUT2D eigenvalue weighted by Crippen LogP contribution is 2.15. The van der Waals surface area contributed by atoms with Crippen LogP contribution in [0.2, 0.25) is 0 Å². The van der Waals surface area contributed by atoms with E-state index in [0.717, 1.165) is 13.0 Å². The molecule has 2 nitrogen and oxygen atoms in total. The van der Waals surface area contributed by atoms with E-state index in [0.29, 0.717) is 6.04 Å². The van der Waals surface area contributed by atoms with E-state index in [1.165, 1.54) is 56.4 Å². The standard InChI is InChI=1S/C18H30N2/c1-3-5-13-20(15-18-11-8-12-19-18)14-17-10-7-6-9-16(17)4-2/h6-7,9-10,18-19H,3-5,8,11-15H2,1-2H3. The number of benzene rings is 1. The van der Waals surface area contributed by atoms with Crippen molar-refractivity contribution in [2.24, 2.45) is 0 Å². The lowest BCUT2D eigenvalue weighted by atomic mass is 10.0. The van der Waals surface area contributed by atoms with Gasteiger partial charge in [0.2, 0.25) is 0 Å². The van der Waals surface area contributed by atoms with Gasteiger partial charge in [-0.3, -0.25) is 4.90 Å². The minimum Gasteiger partial charge on any atom is -0.313 e. The van der Waals surface area contributed by atoms with Gasteiger partial charge in [-0.2, -0.15) is 0 Å². The summed E-state index contributed by atoms with van der Waals surface area (Å²) in [7, 11) is 0. The van der Waals surface area contributed by atoms with Crippen LogP contribution >= 0.6 is 0 Å². The summed E-state index contributed by atoms with van der Waals surface area (Å²) in [4.78, 5) is 2.65. The quantitative estimate of drug-likeness (QED) is 0.779. The predicted molar refractivity (Wildman–Crippen MR) is 87.0 cm³/mol. The maximum absolute atomic E-state index is 3.64. The van der Waals surface area contributed by atoms with E-state index in [2.05, 4.69) is 48.3 Å². The molecule has 0 aliphatic carbocycles. The maximum Gasteiger partial charge on any atom is 0.0237 e. The second-order valence-electron chi connectivity index (χ2n) is 6.00. The van der Waals surface area contributed by atoms with Crippen LogP contribution < -0.4 is 5.32 Å². The first-order valence-corrected chi connectivity index (χ1v) is 8.36. The molecular formula is C18H30N2. The summed E-state index contributed by atoms with van der Waals surface area (Å²) >= 11 is 0. The zero-order valence-corrected chi connectivity index (χ0v) is 13.2. The highest BCUT2D eigenvalue weighted by molar-refractivity contribution is 5.26. The normalized spacial score (nSPS) is 18.9. The van der Waals surface area contributed by atoms with Crippen molar-refractivity contribution in [3.63, 3.8) is 0 Å². The van der Waals surface area contributed by atoms with Crippen molar-refractivity contribution >= 4 is 0 Å². The molecule has 0 aromatic heterocycles. The molecule has 1 heterocycles. The molecule has 0 radical (unpaired) electrons. The second kappa shape index (κ2) is 8.43. The lowest BCUT2D eigenvalue weighted by Gasteiger charge is -2.26. The Morgan fingerprint density at radius 1 is 1.20 bits per heavy atom. The summed E-state index contributed by atoms with van der Waals surface area (Å²) in [6, 6.07) is 9.64. The number of rotatable bonds is 8. The van der Waals surface area contributed by atoms with Gasteiger partial charge < -0.3 is 5.32 Å². The highest BCUT2D eigenvalue weighted by Gasteiger charge is 2.18. The molecule has 1 N–H and O–H groups in total. The Bertz CT molecular complexity index is 383. The van der Waals surface area contributed by atoms with Crippen molar-refractivity contribution in [2.75, 3.05) is 19.6 Å². The second-order valence-corrected chi connectivity index (χ2v) is 6.00. The molecule has 1 aliphatic heterocycles. The molecule has 1 aromatic rings. The molecule has 2 rings (SSSR count). The molecule has 0 amide bonds. The van der Waals surface area contributed by atoms with Gasteiger partial charge in [-0.15, -0.1) is 0 Å². The van der Waals surface area contributed by atoms with Crippen LogP contribution in [0, 0.1) is 0 Å². The van der Waals surface area contributed by atoms with Gasteiger partial charge in [-0.05, 0) is 49.9 Å². The van der Waals surface area contributed by atoms with Crippen molar-refractivity contribution in [3.05, 3.63) is 35.4 Å². The Hall–Kier alpha value is -0.860. The van der Waals surface area contributed by atoms with E-state index >= 15 is 0 Å². The molecule has 1 unspecified atom stereocenters. The molecular weight excluding hydrogens is 244 g/mol. The molecule has 20 heavy (non-hydrogen) atoms. The third-order valence-electron chi connectivity index (χ3n) is 4.36. The fourth-order valence-electron chi connectivity index (χ4n) is 3.14. The average molecular weight is 274 g/mol. The van der Waals surface area contributed by atoms with E-state index in [4.69, 9.17) is 0 Å². The van der Waals surface area contributed by atoms with Crippen LogP contribution in [0.1, 0.15) is 50.7 Å². The van der Waals surface area contributed by atoms with E-state index in [1.54, 1.807) is 0 Å². The van der Waals surface area contributed by atoms with Crippen LogP contribution in [-0.2, 0) is 13.0 Å². The Labute approximate surface area is 124 Å². The highest BCUT2D eigenvalue weighted by atomic mass is 15.2. The van der Waals surface area contributed by atoms with Gasteiger partial charge in [0.25, 0.3) is 0 Å². The molecule has 1 aliphatic rings. The van der Waals surface area contributed by atoms with Crippen molar-refractivity contribution in [1.29, 1.82) is 0 Å². The largest absolute Gasteiger partial charge is 0.313 e. The van der Waals surface area contributed by atoms with Gasteiger partial charge in [-0.1, -0.05) is 44.5 Å². The molecule has 0 spiro atoms. The number of nitrogens with one attached hydrogen (secondary N) is 1. The molecule has 2 heteroatoms. The Morgan fingerprint density at radius 2 is 2.00 bits per heavy atom. The molecule has 112 valence electrons. The van der Waals surface area contributed by atoms with Crippen LogP contribution in [0.3, 0.4) is 0 Å². The molecule has 1 saturated heterocycles. The fraction of sp³-hybridized carbons (Fsp3) is 0.667. The Kier molecular flexibility index (Phi) is 6.55. The number of unbranched alkanes of at least 4 members (excludes halogenated alkanes) is 1. The van der Waals surface area contributed by atoms with E-state index in [9.17, 15) is 0 Å². The van der Waals surface area contributed by atoms with Crippen molar-refractivity contribution < 1.29 is 0 Å². The van der Waals surface area contributed by atoms with Gasteiger partial charge in [0, 0.05) is 19.1 Å². The molecule has 0 bridgehead atoms. The summed E-state index contributed by atoms with van der Waals surface area (Å²) in [5.41, 5.74) is 3.03. The smallest absolute Gasteiger partial charge is 0.0237 e. The van der Waals surface area contributed by atoms with Crippen LogP contribution in [0.25, 0.3) is 0 Å². The minimum atomic E-state index is 0.709. The Balaban J connectivity index is 1.97. The first-order valence-electron chi connectivity index (χ1n) is 8.36. The number of nitrogens with zero attached hydrogens (tertiary/aromatic N) is 1. The van der Waals surface area contributed by atoms with Gasteiger partial charge in [0.15, 0.2) is 0 Å². The average Bonchev–Trinajstić information content (AvgIpc) is 2.98. The van der Waals surface area contributed by atoms with Gasteiger partial charge >= 0.3 is 0 Å². The third-order valence-corrected chi connectivity index (χ3v) is 4.36. The maximum atomic E-state index is 3.64. The Morgan fingerprint density at radius 3 is 2.65 bits per heavy atom. The zero-order chi connectivity index (χ0) is 14.2. The molecule has 1 fully saturated rings. The van der Waals surface area contributed by atoms with Crippen LogP contribution in [-0.4, -0.2) is 30.6 Å². The minimum absolute atomic E-state index is 0.709. The van der Waals surface area contributed by atoms with Crippen LogP contribution in [0.5, 0.6) is 0 Å². The lowest BCUT2D eigenvalue weighted by Crippen LogP contribution is -2.37. The van der Waals surface area contributed by atoms with E-state index in [-0.39, 0.29) is 0 Å².